The highest BCUT2D eigenvalue weighted by Gasteiger charge is 2.16. The molecule has 0 fully saturated rings. The van der Waals surface area contributed by atoms with E-state index in [4.69, 9.17) is 4.74 Å². The van der Waals surface area contributed by atoms with Crippen LogP contribution in [-0.4, -0.2) is 17.8 Å². The normalized spacial score (nSPS) is 13.8. The lowest BCUT2D eigenvalue weighted by Gasteiger charge is -2.20. The van der Waals surface area contributed by atoms with E-state index in [9.17, 15) is 5.11 Å². The Bertz CT molecular complexity index is 465. The second-order valence-electron chi connectivity index (χ2n) is 4.81. The van der Waals surface area contributed by atoms with Crippen molar-refractivity contribution in [3.8, 4) is 5.75 Å². The molecule has 0 aliphatic heterocycles. The number of hydrogen-bond donors (Lipinski definition) is 1. The van der Waals surface area contributed by atoms with Crippen LogP contribution in [-0.2, 0) is 6.42 Å². The Morgan fingerprint density at radius 2 is 1.53 bits per heavy atom. The molecule has 1 N–H and O–H groups in total. The summed E-state index contributed by atoms with van der Waals surface area (Å²) in [5.74, 6) is 0.948. The topological polar surface area (TPSA) is 29.5 Å². The van der Waals surface area contributed by atoms with Gasteiger partial charge in [-0.25, -0.2) is 0 Å². The molecule has 2 rings (SSSR count). The lowest BCUT2D eigenvalue weighted by Crippen LogP contribution is -2.26. The highest BCUT2D eigenvalue weighted by atomic mass is 16.5. The van der Waals surface area contributed by atoms with Crippen molar-refractivity contribution < 1.29 is 9.84 Å². The largest absolute Gasteiger partial charge is 0.493 e. The smallest absolute Gasteiger partial charge is 0.119 e. The maximum Gasteiger partial charge on any atom is 0.119 e. The van der Waals surface area contributed by atoms with Gasteiger partial charge < -0.3 is 9.84 Å². The number of hydrogen-bond acceptors (Lipinski definition) is 2. The number of aliphatic hydroxyl groups is 1. The lowest BCUT2D eigenvalue weighted by atomic mass is 9.95. The predicted octanol–water partition coefficient (Wildman–Crippen LogP) is 3.31. The summed E-state index contributed by atoms with van der Waals surface area (Å²) >= 11 is 0. The van der Waals surface area contributed by atoms with E-state index in [-0.39, 0.29) is 12.0 Å². The summed E-state index contributed by atoms with van der Waals surface area (Å²) in [5, 5.41) is 9.87. The molecule has 0 saturated heterocycles. The molecule has 2 atom stereocenters. The second kappa shape index (κ2) is 6.95. The molecule has 0 aliphatic rings. The standard InChI is InChI=1S/C17H20O2/c1-14(18)16(12-15-8-4-2-5-9-15)13-19-17-10-6-3-7-11-17/h2-11,14,16,18H,12-13H2,1H3/t14-,16+/m0/s1. The zero-order valence-corrected chi connectivity index (χ0v) is 11.2. The molecule has 0 aromatic heterocycles. The number of para-hydroxylation sites is 1. The van der Waals surface area contributed by atoms with E-state index < -0.39 is 0 Å². The molecule has 2 aromatic rings. The number of rotatable bonds is 6. The summed E-state index contributed by atoms with van der Waals surface area (Å²) in [6.45, 7) is 2.35. The Morgan fingerprint density at radius 1 is 0.947 bits per heavy atom. The molecule has 0 heterocycles. The van der Waals surface area contributed by atoms with Crippen molar-refractivity contribution in [3.63, 3.8) is 0 Å². The zero-order chi connectivity index (χ0) is 13.5. The minimum atomic E-state index is -0.385. The van der Waals surface area contributed by atoms with Crippen LogP contribution >= 0.6 is 0 Å². The SMILES string of the molecule is C[C@H](O)[C@@H](COc1ccccc1)Cc1ccccc1. The zero-order valence-electron chi connectivity index (χ0n) is 11.2. The van der Waals surface area contributed by atoms with Gasteiger partial charge in [-0.1, -0.05) is 48.5 Å². The van der Waals surface area contributed by atoms with Gasteiger partial charge in [-0.15, -0.1) is 0 Å². The number of ether oxygens (including phenoxy) is 1. The molecule has 2 heteroatoms. The minimum absolute atomic E-state index is 0.0996. The monoisotopic (exact) mass is 256 g/mol. The first-order valence-electron chi connectivity index (χ1n) is 6.65. The van der Waals surface area contributed by atoms with Gasteiger partial charge in [-0.3, -0.25) is 0 Å². The average molecular weight is 256 g/mol. The molecule has 0 amide bonds. The lowest BCUT2D eigenvalue weighted by molar-refractivity contribution is 0.0889. The van der Waals surface area contributed by atoms with Crippen molar-refractivity contribution in [2.75, 3.05) is 6.61 Å². The maximum absolute atomic E-state index is 9.87. The van der Waals surface area contributed by atoms with Gasteiger partial charge in [0, 0.05) is 5.92 Å². The maximum atomic E-state index is 9.87. The fourth-order valence-electron chi connectivity index (χ4n) is 2.01. The molecule has 2 aromatic carbocycles. The Kier molecular flexibility index (Phi) is 4.99. The van der Waals surface area contributed by atoms with Crippen LogP contribution in [0.25, 0.3) is 0 Å². The summed E-state index contributed by atoms with van der Waals surface area (Å²) < 4.78 is 5.74. The molecule has 0 radical (unpaired) electrons. The number of benzene rings is 2. The van der Waals surface area contributed by atoms with Gasteiger partial charge in [0.15, 0.2) is 0 Å². The Morgan fingerprint density at radius 3 is 2.11 bits per heavy atom. The highest BCUT2D eigenvalue weighted by molar-refractivity contribution is 5.21. The third kappa shape index (κ3) is 4.42. The van der Waals surface area contributed by atoms with E-state index in [1.54, 1.807) is 0 Å². The Hall–Kier alpha value is -1.80. The molecule has 0 aliphatic carbocycles. The summed E-state index contributed by atoms with van der Waals surface area (Å²) in [6, 6.07) is 19.9. The van der Waals surface area contributed by atoms with Gasteiger partial charge in [-0.2, -0.15) is 0 Å². The predicted molar refractivity (Wildman–Crippen MR) is 77.3 cm³/mol. The summed E-state index contributed by atoms with van der Waals surface area (Å²) in [5.41, 5.74) is 1.23. The van der Waals surface area contributed by atoms with Crippen LogP contribution in [0.5, 0.6) is 5.75 Å². The third-order valence-corrected chi connectivity index (χ3v) is 3.23. The van der Waals surface area contributed by atoms with Crippen LogP contribution in [0.2, 0.25) is 0 Å². The van der Waals surface area contributed by atoms with E-state index in [0.29, 0.717) is 6.61 Å². The van der Waals surface area contributed by atoms with Crippen LogP contribution < -0.4 is 4.74 Å². The highest BCUT2D eigenvalue weighted by Crippen LogP contribution is 2.16. The van der Waals surface area contributed by atoms with E-state index in [2.05, 4.69) is 12.1 Å². The van der Waals surface area contributed by atoms with Gasteiger partial charge in [0.1, 0.15) is 5.75 Å². The van der Waals surface area contributed by atoms with Crippen LogP contribution in [0, 0.1) is 5.92 Å². The first-order valence-corrected chi connectivity index (χ1v) is 6.65. The Balaban J connectivity index is 1.93. The molecule has 0 bridgehead atoms. The molecule has 2 nitrogen and oxygen atoms in total. The second-order valence-corrected chi connectivity index (χ2v) is 4.81. The third-order valence-electron chi connectivity index (χ3n) is 3.23. The first kappa shape index (κ1) is 13.6. The summed E-state index contributed by atoms with van der Waals surface area (Å²) in [4.78, 5) is 0. The van der Waals surface area contributed by atoms with Gasteiger partial charge >= 0.3 is 0 Å². The summed E-state index contributed by atoms with van der Waals surface area (Å²) in [6.07, 6.45) is 0.439. The fraction of sp³-hybridized carbons (Fsp3) is 0.294. The van der Waals surface area contributed by atoms with Gasteiger partial charge in [-0.05, 0) is 31.0 Å². The van der Waals surface area contributed by atoms with Gasteiger partial charge in [0.25, 0.3) is 0 Å². The van der Waals surface area contributed by atoms with E-state index in [0.717, 1.165) is 12.2 Å². The molecule has 0 spiro atoms. The van der Waals surface area contributed by atoms with Crippen molar-refractivity contribution >= 4 is 0 Å². The molecule has 100 valence electrons. The van der Waals surface area contributed by atoms with Crippen molar-refractivity contribution in [2.45, 2.75) is 19.4 Å². The van der Waals surface area contributed by atoms with Crippen LogP contribution in [0.3, 0.4) is 0 Å². The van der Waals surface area contributed by atoms with Gasteiger partial charge in [0.05, 0.1) is 12.7 Å². The fourth-order valence-corrected chi connectivity index (χ4v) is 2.01. The van der Waals surface area contributed by atoms with E-state index in [1.165, 1.54) is 5.56 Å². The molecular formula is C17H20O2. The van der Waals surface area contributed by atoms with Crippen molar-refractivity contribution in [1.29, 1.82) is 0 Å². The summed E-state index contributed by atoms with van der Waals surface area (Å²) in [7, 11) is 0. The first-order chi connectivity index (χ1) is 9.25. The van der Waals surface area contributed by atoms with Gasteiger partial charge in [0.2, 0.25) is 0 Å². The van der Waals surface area contributed by atoms with Crippen LogP contribution in [0.4, 0.5) is 0 Å². The van der Waals surface area contributed by atoms with Crippen LogP contribution in [0.1, 0.15) is 12.5 Å². The average Bonchev–Trinajstić information content (AvgIpc) is 2.45. The minimum Gasteiger partial charge on any atom is -0.493 e. The quantitative estimate of drug-likeness (QED) is 0.859. The van der Waals surface area contributed by atoms with E-state index >= 15 is 0 Å². The van der Waals surface area contributed by atoms with E-state index in [1.807, 2.05) is 55.5 Å². The Labute approximate surface area is 114 Å². The van der Waals surface area contributed by atoms with Crippen LogP contribution in [0.15, 0.2) is 60.7 Å². The number of aliphatic hydroxyl groups excluding tert-OH is 1. The molecular weight excluding hydrogens is 236 g/mol. The van der Waals surface area contributed by atoms with Crippen molar-refractivity contribution in [1.82, 2.24) is 0 Å². The molecule has 19 heavy (non-hydrogen) atoms. The molecule has 0 unspecified atom stereocenters. The van der Waals surface area contributed by atoms with Crippen molar-refractivity contribution in [2.24, 2.45) is 5.92 Å². The molecule has 0 saturated carbocycles. The van der Waals surface area contributed by atoms with Crippen molar-refractivity contribution in [3.05, 3.63) is 66.2 Å².